The van der Waals surface area contributed by atoms with Crippen molar-refractivity contribution >= 4 is 5.82 Å². The zero-order valence-corrected chi connectivity index (χ0v) is 11.8. The maximum atomic E-state index is 5.60. The van der Waals surface area contributed by atoms with Crippen LogP contribution in [0.25, 0.3) is 0 Å². The molecule has 0 saturated carbocycles. The van der Waals surface area contributed by atoms with Crippen LogP contribution < -0.4 is 15.8 Å². The van der Waals surface area contributed by atoms with E-state index in [0.29, 0.717) is 24.8 Å². The second kappa shape index (κ2) is 6.86. The average molecular weight is 272 g/mol. The van der Waals surface area contributed by atoms with Crippen LogP contribution in [-0.2, 0) is 6.54 Å². The van der Waals surface area contributed by atoms with Gasteiger partial charge in [-0.3, -0.25) is 4.98 Å². The summed E-state index contributed by atoms with van der Waals surface area (Å²) in [5.74, 6) is 1.23. The van der Waals surface area contributed by atoms with E-state index in [2.05, 4.69) is 34.3 Å². The Morgan fingerprint density at radius 2 is 2.00 bits per heavy atom. The van der Waals surface area contributed by atoms with Crippen molar-refractivity contribution in [1.29, 1.82) is 0 Å². The minimum absolute atomic E-state index is 0.132. The van der Waals surface area contributed by atoms with E-state index in [4.69, 9.17) is 10.5 Å². The highest BCUT2D eigenvalue weighted by atomic mass is 16.5. The largest absolute Gasteiger partial charge is 0.477 e. The maximum absolute atomic E-state index is 5.60. The van der Waals surface area contributed by atoms with E-state index < -0.39 is 0 Å². The molecule has 1 heterocycles. The van der Waals surface area contributed by atoms with Crippen molar-refractivity contribution in [2.45, 2.75) is 26.4 Å². The molecule has 0 amide bonds. The average Bonchev–Trinajstić information content (AvgIpc) is 2.48. The molecule has 0 aliphatic rings. The summed E-state index contributed by atoms with van der Waals surface area (Å²) in [7, 11) is 0. The van der Waals surface area contributed by atoms with E-state index in [1.807, 2.05) is 19.1 Å². The number of ether oxygens (including phenoxy) is 1. The number of nitrogens with two attached hydrogens (primary N) is 1. The van der Waals surface area contributed by atoms with Gasteiger partial charge >= 0.3 is 0 Å². The highest BCUT2D eigenvalue weighted by Gasteiger charge is 2.07. The van der Waals surface area contributed by atoms with E-state index in [1.54, 1.807) is 12.4 Å². The molecule has 0 spiro atoms. The van der Waals surface area contributed by atoms with Crippen LogP contribution in [0.3, 0.4) is 0 Å². The summed E-state index contributed by atoms with van der Waals surface area (Å²) in [6.45, 7) is 5.13. The zero-order chi connectivity index (χ0) is 14.4. The summed E-state index contributed by atoms with van der Waals surface area (Å²) in [6.07, 6.45) is 3.29. The molecule has 106 valence electrons. The van der Waals surface area contributed by atoms with Crippen molar-refractivity contribution in [3.63, 3.8) is 0 Å². The molecule has 5 nitrogen and oxygen atoms in total. The van der Waals surface area contributed by atoms with Gasteiger partial charge in [0.1, 0.15) is 5.82 Å². The fraction of sp³-hybridized carbons (Fsp3) is 0.333. The standard InChI is InChI=1S/C15H20N4O/c1-3-20-15-10-17-9-14(19-15)18-11(2)13-6-4-12(8-16)5-7-13/h4-7,9-11H,3,8,16H2,1-2H3,(H,18,19). The Morgan fingerprint density at radius 1 is 1.25 bits per heavy atom. The van der Waals surface area contributed by atoms with Gasteiger partial charge in [-0.15, -0.1) is 0 Å². The minimum atomic E-state index is 0.132. The number of hydrogen-bond donors (Lipinski definition) is 2. The van der Waals surface area contributed by atoms with E-state index in [0.717, 1.165) is 5.56 Å². The first kappa shape index (κ1) is 14.3. The van der Waals surface area contributed by atoms with Crippen LogP contribution in [-0.4, -0.2) is 16.6 Å². The minimum Gasteiger partial charge on any atom is -0.477 e. The lowest BCUT2D eigenvalue weighted by Crippen LogP contribution is -2.09. The lowest BCUT2D eigenvalue weighted by Gasteiger charge is -2.15. The molecular weight excluding hydrogens is 252 g/mol. The van der Waals surface area contributed by atoms with Crippen molar-refractivity contribution in [3.05, 3.63) is 47.8 Å². The van der Waals surface area contributed by atoms with Crippen LogP contribution in [0.4, 0.5) is 5.82 Å². The second-order valence-corrected chi connectivity index (χ2v) is 4.49. The smallest absolute Gasteiger partial charge is 0.234 e. The number of anilines is 1. The molecule has 1 unspecified atom stereocenters. The summed E-state index contributed by atoms with van der Waals surface area (Å²) in [5, 5.41) is 3.31. The lowest BCUT2D eigenvalue weighted by atomic mass is 10.1. The first-order valence-electron chi connectivity index (χ1n) is 6.73. The Morgan fingerprint density at radius 3 is 2.65 bits per heavy atom. The number of nitrogens with one attached hydrogen (secondary N) is 1. The molecule has 0 radical (unpaired) electrons. The van der Waals surface area contributed by atoms with Crippen molar-refractivity contribution in [2.24, 2.45) is 5.73 Å². The molecule has 1 atom stereocenters. The fourth-order valence-corrected chi connectivity index (χ4v) is 1.88. The van der Waals surface area contributed by atoms with Gasteiger partial charge in [-0.2, -0.15) is 4.98 Å². The molecular formula is C15H20N4O. The van der Waals surface area contributed by atoms with Crippen LogP contribution in [0.15, 0.2) is 36.7 Å². The molecule has 1 aromatic heterocycles. The number of nitrogens with zero attached hydrogens (tertiary/aromatic N) is 2. The monoisotopic (exact) mass is 272 g/mol. The van der Waals surface area contributed by atoms with Crippen LogP contribution in [0.1, 0.15) is 31.0 Å². The number of rotatable bonds is 6. The van der Waals surface area contributed by atoms with E-state index >= 15 is 0 Å². The third-order valence-corrected chi connectivity index (χ3v) is 2.98. The predicted octanol–water partition coefficient (Wildman–Crippen LogP) is 2.51. The highest BCUT2D eigenvalue weighted by Crippen LogP contribution is 2.19. The Balaban J connectivity index is 2.06. The van der Waals surface area contributed by atoms with Gasteiger partial charge in [0.15, 0.2) is 0 Å². The predicted molar refractivity (Wildman–Crippen MR) is 79.6 cm³/mol. The number of aromatic nitrogens is 2. The Hall–Kier alpha value is -2.14. The molecule has 5 heteroatoms. The second-order valence-electron chi connectivity index (χ2n) is 4.49. The third kappa shape index (κ3) is 3.68. The van der Waals surface area contributed by atoms with Gasteiger partial charge in [0.2, 0.25) is 5.88 Å². The summed E-state index contributed by atoms with van der Waals surface area (Å²) < 4.78 is 5.34. The van der Waals surface area contributed by atoms with E-state index in [1.165, 1.54) is 5.56 Å². The number of benzene rings is 1. The molecule has 2 aromatic rings. The topological polar surface area (TPSA) is 73.1 Å². The Bertz CT molecular complexity index is 542. The van der Waals surface area contributed by atoms with Gasteiger partial charge in [-0.1, -0.05) is 24.3 Å². The summed E-state index contributed by atoms with van der Waals surface area (Å²) in [5.41, 5.74) is 7.89. The van der Waals surface area contributed by atoms with Crippen LogP contribution in [0, 0.1) is 0 Å². The Labute approximate surface area is 119 Å². The first-order valence-corrected chi connectivity index (χ1v) is 6.73. The van der Waals surface area contributed by atoms with Crippen molar-refractivity contribution < 1.29 is 4.74 Å². The fourth-order valence-electron chi connectivity index (χ4n) is 1.88. The SMILES string of the molecule is CCOc1cncc(NC(C)c2ccc(CN)cc2)n1. The Kier molecular flexibility index (Phi) is 4.90. The van der Waals surface area contributed by atoms with Gasteiger partial charge in [-0.05, 0) is 25.0 Å². The molecule has 2 rings (SSSR count). The van der Waals surface area contributed by atoms with Crippen LogP contribution >= 0.6 is 0 Å². The summed E-state index contributed by atoms with van der Waals surface area (Å²) in [6, 6.07) is 8.35. The molecule has 1 aromatic carbocycles. The van der Waals surface area contributed by atoms with Gasteiger partial charge in [0.25, 0.3) is 0 Å². The van der Waals surface area contributed by atoms with Crippen molar-refractivity contribution in [2.75, 3.05) is 11.9 Å². The summed E-state index contributed by atoms with van der Waals surface area (Å²) in [4.78, 5) is 8.46. The molecule has 0 fully saturated rings. The lowest BCUT2D eigenvalue weighted by molar-refractivity contribution is 0.325. The normalized spacial score (nSPS) is 11.9. The van der Waals surface area contributed by atoms with Crippen molar-refractivity contribution in [3.8, 4) is 5.88 Å². The highest BCUT2D eigenvalue weighted by molar-refractivity contribution is 5.38. The van der Waals surface area contributed by atoms with Gasteiger partial charge in [0, 0.05) is 12.6 Å². The molecule has 0 aliphatic carbocycles. The molecule has 0 saturated heterocycles. The number of hydrogen-bond acceptors (Lipinski definition) is 5. The van der Waals surface area contributed by atoms with E-state index in [-0.39, 0.29) is 6.04 Å². The van der Waals surface area contributed by atoms with E-state index in [9.17, 15) is 0 Å². The van der Waals surface area contributed by atoms with Gasteiger partial charge < -0.3 is 15.8 Å². The summed E-state index contributed by atoms with van der Waals surface area (Å²) >= 11 is 0. The van der Waals surface area contributed by atoms with Gasteiger partial charge in [0.05, 0.1) is 19.0 Å². The molecule has 3 N–H and O–H groups in total. The van der Waals surface area contributed by atoms with Crippen molar-refractivity contribution in [1.82, 2.24) is 9.97 Å². The zero-order valence-electron chi connectivity index (χ0n) is 11.8. The maximum Gasteiger partial charge on any atom is 0.234 e. The molecule has 0 aliphatic heterocycles. The van der Waals surface area contributed by atoms with Crippen LogP contribution in [0.5, 0.6) is 5.88 Å². The third-order valence-electron chi connectivity index (χ3n) is 2.98. The first-order chi connectivity index (χ1) is 9.72. The van der Waals surface area contributed by atoms with Gasteiger partial charge in [-0.25, -0.2) is 0 Å². The van der Waals surface area contributed by atoms with Crippen LogP contribution in [0.2, 0.25) is 0 Å². The molecule has 0 bridgehead atoms. The quantitative estimate of drug-likeness (QED) is 0.845. The molecule has 20 heavy (non-hydrogen) atoms.